The lowest BCUT2D eigenvalue weighted by atomic mass is 9.97. The second-order valence-electron chi connectivity index (χ2n) is 7.04. The number of hydrogen-bond donors (Lipinski definition) is 0. The minimum Gasteiger partial charge on any atom is -0.280 e. The highest BCUT2D eigenvalue weighted by Crippen LogP contribution is 2.24. The maximum absolute atomic E-state index is 13.0. The van der Waals surface area contributed by atoms with Gasteiger partial charge in [-0.15, -0.1) is 0 Å². The monoisotopic (exact) mass is 383 g/mol. The number of benzene rings is 2. The van der Waals surface area contributed by atoms with Crippen molar-refractivity contribution in [3.05, 3.63) is 87.6 Å². The summed E-state index contributed by atoms with van der Waals surface area (Å²) in [5.74, 6) is 0.561. The van der Waals surface area contributed by atoms with Gasteiger partial charge in [0.25, 0.3) is 5.56 Å². The Morgan fingerprint density at radius 1 is 1.10 bits per heavy atom. The van der Waals surface area contributed by atoms with E-state index >= 15 is 0 Å². The zero-order valence-electron chi connectivity index (χ0n) is 16.5. The molecule has 2 aromatic heterocycles. The van der Waals surface area contributed by atoms with Crippen LogP contribution in [0, 0.1) is 11.3 Å². The summed E-state index contributed by atoms with van der Waals surface area (Å²) in [5.41, 5.74) is 5.22. The lowest BCUT2D eigenvalue weighted by Crippen LogP contribution is -2.27. The number of aromatic nitrogens is 4. The minimum absolute atomic E-state index is 0.0344. The van der Waals surface area contributed by atoms with E-state index < -0.39 is 0 Å². The number of hydrogen-bond acceptors (Lipinski definition) is 4. The third-order valence-electron chi connectivity index (χ3n) is 5.18. The summed E-state index contributed by atoms with van der Waals surface area (Å²) in [6.07, 6.45) is 3.69. The van der Waals surface area contributed by atoms with E-state index in [4.69, 9.17) is 0 Å². The first-order chi connectivity index (χ1) is 14.1. The molecule has 0 radical (unpaired) electrons. The summed E-state index contributed by atoms with van der Waals surface area (Å²) in [6.45, 7) is 2.09. The van der Waals surface area contributed by atoms with Crippen LogP contribution in [0.15, 0.2) is 59.7 Å². The van der Waals surface area contributed by atoms with E-state index in [2.05, 4.69) is 23.1 Å². The molecule has 0 aliphatic carbocycles. The SMILES string of the molecule is CCCc1c(Cc2ccc(-c3ccccc3C#N)cc2)c(=O)n(C)c2ncnn12. The van der Waals surface area contributed by atoms with Gasteiger partial charge in [0, 0.05) is 19.0 Å². The van der Waals surface area contributed by atoms with Gasteiger partial charge in [-0.05, 0) is 29.2 Å². The van der Waals surface area contributed by atoms with Crippen molar-refractivity contribution in [2.24, 2.45) is 7.05 Å². The normalized spacial score (nSPS) is 10.9. The van der Waals surface area contributed by atoms with Gasteiger partial charge in [-0.3, -0.25) is 9.36 Å². The molecule has 2 heterocycles. The van der Waals surface area contributed by atoms with Gasteiger partial charge in [-0.2, -0.15) is 15.3 Å². The molecule has 6 nitrogen and oxygen atoms in total. The van der Waals surface area contributed by atoms with Gasteiger partial charge in [0.15, 0.2) is 0 Å². The van der Waals surface area contributed by atoms with Crippen LogP contribution in [-0.2, 0) is 19.9 Å². The number of fused-ring (bicyclic) bond motifs is 1. The van der Waals surface area contributed by atoms with E-state index in [1.54, 1.807) is 16.1 Å². The number of nitriles is 1. The van der Waals surface area contributed by atoms with E-state index in [0.29, 0.717) is 17.8 Å². The van der Waals surface area contributed by atoms with Gasteiger partial charge in [-0.1, -0.05) is 55.8 Å². The van der Waals surface area contributed by atoms with Crippen LogP contribution in [0.2, 0.25) is 0 Å². The first kappa shape index (κ1) is 18.6. The maximum atomic E-state index is 13.0. The first-order valence-electron chi connectivity index (χ1n) is 9.63. The minimum atomic E-state index is -0.0344. The summed E-state index contributed by atoms with van der Waals surface area (Å²) in [6, 6.07) is 17.8. The van der Waals surface area contributed by atoms with Crippen molar-refractivity contribution in [2.45, 2.75) is 26.2 Å². The van der Waals surface area contributed by atoms with E-state index in [-0.39, 0.29) is 5.56 Å². The summed E-state index contributed by atoms with van der Waals surface area (Å²) in [5, 5.41) is 13.7. The van der Waals surface area contributed by atoms with Gasteiger partial charge in [-0.25, -0.2) is 4.52 Å². The number of aryl methyl sites for hydroxylation is 2. The second-order valence-corrected chi connectivity index (χ2v) is 7.04. The molecule has 4 aromatic rings. The molecule has 0 unspecified atom stereocenters. The molecule has 0 N–H and O–H groups in total. The van der Waals surface area contributed by atoms with Crippen LogP contribution in [0.4, 0.5) is 0 Å². The fourth-order valence-corrected chi connectivity index (χ4v) is 3.71. The van der Waals surface area contributed by atoms with E-state index in [9.17, 15) is 10.1 Å². The Hall–Kier alpha value is -3.72. The molecule has 0 amide bonds. The third kappa shape index (κ3) is 3.32. The Balaban J connectivity index is 1.74. The molecule has 144 valence electrons. The van der Waals surface area contributed by atoms with E-state index in [1.807, 2.05) is 48.5 Å². The molecule has 6 heteroatoms. The van der Waals surface area contributed by atoms with Gasteiger partial charge in [0.05, 0.1) is 17.3 Å². The van der Waals surface area contributed by atoms with Crippen LogP contribution in [0.5, 0.6) is 0 Å². The zero-order valence-corrected chi connectivity index (χ0v) is 16.5. The van der Waals surface area contributed by atoms with Crippen molar-refractivity contribution in [3.8, 4) is 17.2 Å². The summed E-state index contributed by atoms with van der Waals surface area (Å²) in [4.78, 5) is 17.2. The van der Waals surface area contributed by atoms with Crippen LogP contribution in [-0.4, -0.2) is 19.2 Å². The predicted octanol–water partition coefficient (Wildman–Crippen LogP) is 3.51. The third-order valence-corrected chi connectivity index (χ3v) is 5.18. The molecular weight excluding hydrogens is 362 g/mol. The molecule has 0 saturated carbocycles. The molecule has 0 bridgehead atoms. The van der Waals surface area contributed by atoms with Gasteiger partial charge >= 0.3 is 0 Å². The Labute approximate surface area is 168 Å². The Kier molecular flexibility index (Phi) is 4.96. The summed E-state index contributed by atoms with van der Waals surface area (Å²) < 4.78 is 3.33. The van der Waals surface area contributed by atoms with E-state index in [0.717, 1.165) is 40.8 Å². The molecule has 0 atom stereocenters. The van der Waals surface area contributed by atoms with Crippen LogP contribution in [0.3, 0.4) is 0 Å². The largest absolute Gasteiger partial charge is 0.280 e. The number of nitrogens with zero attached hydrogens (tertiary/aromatic N) is 5. The van der Waals surface area contributed by atoms with Gasteiger partial charge < -0.3 is 0 Å². The average Bonchev–Trinajstić information content (AvgIpc) is 3.25. The molecule has 0 spiro atoms. The highest BCUT2D eigenvalue weighted by atomic mass is 16.1. The van der Waals surface area contributed by atoms with Gasteiger partial charge in [0.2, 0.25) is 5.78 Å². The Morgan fingerprint density at radius 2 is 1.86 bits per heavy atom. The lowest BCUT2D eigenvalue weighted by molar-refractivity contribution is 0.724. The molecule has 2 aromatic carbocycles. The smallest absolute Gasteiger partial charge is 0.258 e. The van der Waals surface area contributed by atoms with Crippen molar-refractivity contribution in [3.63, 3.8) is 0 Å². The standard InChI is InChI=1S/C23H21N5O/c1-3-6-21-20(22(29)27(2)23-25-15-26-28(21)23)13-16-9-11-17(12-10-16)19-8-5-4-7-18(19)14-24/h4-5,7-12,15H,3,6,13H2,1-2H3. The molecule has 0 aliphatic heterocycles. The summed E-state index contributed by atoms with van der Waals surface area (Å²) in [7, 11) is 1.73. The Bertz CT molecular complexity index is 1280. The Morgan fingerprint density at radius 3 is 2.59 bits per heavy atom. The zero-order chi connectivity index (χ0) is 20.4. The van der Waals surface area contributed by atoms with Crippen LogP contribution >= 0.6 is 0 Å². The maximum Gasteiger partial charge on any atom is 0.258 e. The number of rotatable bonds is 5. The average molecular weight is 383 g/mol. The molecule has 0 saturated heterocycles. The summed E-state index contributed by atoms with van der Waals surface area (Å²) >= 11 is 0. The van der Waals surface area contributed by atoms with Crippen molar-refractivity contribution >= 4 is 5.78 Å². The molecule has 29 heavy (non-hydrogen) atoms. The van der Waals surface area contributed by atoms with Crippen LogP contribution < -0.4 is 5.56 Å². The second kappa shape index (κ2) is 7.72. The quantitative estimate of drug-likeness (QED) is 0.528. The predicted molar refractivity (Wildman–Crippen MR) is 112 cm³/mol. The van der Waals surface area contributed by atoms with E-state index in [1.165, 1.54) is 6.33 Å². The topological polar surface area (TPSA) is 76.0 Å². The van der Waals surface area contributed by atoms with Crippen molar-refractivity contribution in [2.75, 3.05) is 0 Å². The molecule has 0 fully saturated rings. The molecular formula is C23H21N5O. The van der Waals surface area contributed by atoms with Crippen LogP contribution in [0.25, 0.3) is 16.9 Å². The highest BCUT2D eigenvalue weighted by molar-refractivity contribution is 5.70. The van der Waals surface area contributed by atoms with Gasteiger partial charge in [0.1, 0.15) is 6.33 Å². The fraction of sp³-hybridized carbons (Fsp3) is 0.217. The lowest BCUT2D eigenvalue weighted by Gasteiger charge is -2.13. The van der Waals surface area contributed by atoms with Crippen LogP contribution in [0.1, 0.15) is 35.7 Å². The highest BCUT2D eigenvalue weighted by Gasteiger charge is 2.17. The van der Waals surface area contributed by atoms with Crippen molar-refractivity contribution in [1.29, 1.82) is 5.26 Å². The van der Waals surface area contributed by atoms with Crippen molar-refractivity contribution in [1.82, 2.24) is 19.2 Å². The molecule has 0 aliphatic rings. The fourth-order valence-electron chi connectivity index (χ4n) is 3.71. The first-order valence-corrected chi connectivity index (χ1v) is 9.63. The van der Waals surface area contributed by atoms with Crippen molar-refractivity contribution < 1.29 is 0 Å². The molecule has 4 rings (SSSR count).